The second-order valence-corrected chi connectivity index (χ2v) is 8.47. The molecule has 0 radical (unpaired) electrons. The van der Waals surface area contributed by atoms with Gasteiger partial charge < -0.3 is 20.1 Å². The molecule has 178 valence electrons. The van der Waals surface area contributed by atoms with Gasteiger partial charge in [-0.15, -0.1) is 0 Å². The first-order valence-corrected chi connectivity index (χ1v) is 11.0. The number of benzene rings is 2. The molecule has 9 heteroatoms. The molecule has 2 aliphatic rings. The summed E-state index contributed by atoms with van der Waals surface area (Å²) < 4.78 is 64.7. The Hall–Kier alpha value is -2.65. The van der Waals surface area contributed by atoms with Crippen LogP contribution in [0.15, 0.2) is 53.5 Å². The van der Waals surface area contributed by atoms with Crippen molar-refractivity contribution in [3.05, 3.63) is 71.0 Å². The Morgan fingerprint density at radius 3 is 2.67 bits per heavy atom. The van der Waals surface area contributed by atoms with E-state index in [4.69, 9.17) is 9.47 Å². The van der Waals surface area contributed by atoms with E-state index in [0.29, 0.717) is 31.8 Å². The fourth-order valence-corrected chi connectivity index (χ4v) is 4.23. The Bertz CT molecular complexity index is 973. The summed E-state index contributed by atoms with van der Waals surface area (Å²) in [5.74, 6) is -0.935. The summed E-state index contributed by atoms with van der Waals surface area (Å²) in [5.41, 5.74) is -0.364. The lowest BCUT2D eigenvalue weighted by molar-refractivity contribution is -0.137. The van der Waals surface area contributed by atoms with Gasteiger partial charge >= 0.3 is 6.18 Å². The standard InChI is InChI=1S/C24H27F4N3O2/c1-16(17-11-19(24(26,27)28)13-20(25)12-17)33-15-23(18-5-3-2-4-6-18)8-7-21(14-30-23)31-22-29-9-10-32-22/h2-6,11-13,16,21,30H,7-10,14-15H2,1H3,(H,29,31). The lowest BCUT2D eigenvalue weighted by atomic mass is 9.81. The van der Waals surface area contributed by atoms with Crippen molar-refractivity contribution in [2.75, 3.05) is 26.3 Å². The van der Waals surface area contributed by atoms with Crippen molar-refractivity contribution >= 4 is 6.02 Å². The van der Waals surface area contributed by atoms with Crippen molar-refractivity contribution in [1.29, 1.82) is 0 Å². The molecule has 4 rings (SSSR count). The molecule has 1 fully saturated rings. The number of piperidine rings is 1. The van der Waals surface area contributed by atoms with Crippen molar-refractivity contribution in [2.45, 2.75) is 43.6 Å². The van der Waals surface area contributed by atoms with Crippen molar-refractivity contribution < 1.29 is 27.0 Å². The number of amidine groups is 1. The van der Waals surface area contributed by atoms with Crippen LogP contribution in [0.5, 0.6) is 0 Å². The van der Waals surface area contributed by atoms with Crippen LogP contribution in [0, 0.1) is 5.82 Å². The first-order valence-electron chi connectivity index (χ1n) is 11.0. The van der Waals surface area contributed by atoms with Crippen LogP contribution in [0.3, 0.4) is 0 Å². The molecular weight excluding hydrogens is 438 g/mol. The number of alkyl halides is 3. The van der Waals surface area contributed by atoms with Crippen LogP contribution in [-0.4, -0.2) is 38.4 Å². The Labute approximate surface area is 190 Å². The van der Waals surface area contributed by atoms with Crippen LogP contribution < -0.4 is 10.6 Å². The number of nitrogens with one attached hydrogen (secondary N) is 2. The predicted molar refractivity (Wildman–Crippen MR) is 116 cm³/mol. The van der Waals surface area contributed by atoms with E-state index in [1.165, 1.54) is 0 Å². The van der Waals surface area contributed by atoms with Crippen LogP contribution >= 0.6 is 0 Å². The molecular formula is C24H27F4N3O2. The summed E-state index contributed by atoms with van der Waals surface area (Å²) >= 11 is 0. The van der Waals surface area contributed by atoms with E-state index in [1.54, 1.807) is 6.92 Å². The smallest absolute Gasteiger partial charge is 0.416 e. The lowest BCUT2D eigenvalue weighted by Crippen LogP contribution is -2.57. The number of hydrogen-bond donors (Lipinski definition) is 2. The fourth-order valence-electron chi connectivity index (χ4n) is 4.23. The molecule has 0 aromatic heterocycles. The van der Waals surface area contributed by atoms with Crippen LogP contribution in [0.25, 0.3) is 0 Å². The van der Waals surface area contributed by atoms with Gasteiger partial charge in [-0.3, -0.25) is 0 Å². The maximum atomic E-state index is 13.9. The van der Waals surface area contributed by atoms with Crippen molar-refractivity contribution in [3.8, 4) is 0 Å². The third-order valence-corrected chi connectivity index (χ3v) is 6.14. The highest BCUT2D eigenvalue weighted by molar-refractivity contribution is 5.75. The zero-order valence-corrected chi connectivity index (χ0v) is 18.3. The van der Waals surface area contributed by atoms with E-state index in [9.17, 15) is 17.6 Å². The first-order chi connectivity index (χ1) is 15.7. The summed E-state index contributed by atoms with van der Waals surface area (Å²) in [4.78, 5) is 4.27. The van der Waals surface area contributed by atoms with Crippen LogP contribution in [0.2, 0.25) is 0 Å². The van der Waals surface area contributed by atoms with Crippen molar-refractivity contribution in [3.63, 3.8) is 0 Å². The van der Waals surface area contributed by atoms with Gasteiger partial charge in [0.1, 0.15) is 12.4 Å². The third kappa shape index (κ3) is 5.65. The quantitative estimate of drug-likeness (QED) is 0.615. The number of ether oxygens (including phenoxy) is 2. The number of rotatable bonds is 6. The molecule has 2 heterocycles. The zero-order chi connectivity index (χ0) is 23.5. The fraction of sp³-hybridized carbons (Fsp3) is 0.458. The van der Waals surface area contributed by atoms with E-state index in [-0.39, 0.29) is 18.2 Å². The molecule has 2 aromatic rings. The summed E-state index contributed by atoms with van der Waals surface area (Å²) in [5, 5.41) is 6.88. The first kappa shape index (κ1) is 23.5. The van der Waals surface area contributed by atoms with E-state index in [2.05, 4.69) is 15.6 Å². The van der Waals surface area contributed by atoms with Crippen LogP contribution in [-0.2, 0) is 21.2 Å². The zero-order valence-electron chi connectivity index (χ0n) is 18.3. The minimum absolute atomic E-state index is 0.133. The Morgan fingerprint density at radius 1 is 1.24 bits per heavy atom. The molecule has 2 aromatic carbocycles. The molecule has 0 bridgehead atoms. The van der Waals surface area contributed by atoms with E-state index in [0.717, 1.165) is 30.5 Å². The van der Waals surface area contributed by atoms with Gasteiger partial charge in [-0.1, -0.05) is 30.3 Å². The highest BCUT2D eigenvalue weighted by Crippen LogP contribution is 2.35. The van der Waals surface area contributed by atoms with Gasteiger partial charge in [-0.25, -0.2) is 9.38 Å². The predicted octanol–water partition coefficient (Wildman–Crippen LogP) is 4.55. The monoisotopic (exact) mass is 465 g/mol. The van der Waals surface area contributed by atoms with Gasteiger partial charge in [0.05, 0.1) is 30.4 Å². The highest BCUT2D eigenvalue weighted by atomic mass is 19.4. The lowest BCUT2D eigenvalue weighted by Gasteiger charge is -2.42. The van der Waals surface area contributed by atoms with E-state index < -0.39 is 29.2 Å². The second-order valence-electron chi connectivity index (χ2n) is 8.47. The molecule has 2 N–H and O–H groups in total. The average molecular weight is 465 g/mol. The molecule has 0 saturated carbocycles. The van der Waals surface area contributed by atoms with Crippen LogP contribution in [0.4, 0.5) is 17.6 Å². The molecule has 2 aliphatic heterocycles. The Morgan fingerprint density at radius 2 is 2.03 bits per heavy atom. The molecule has 0 spiro atoms. The van der Waals surface area contributed by atoms with Gasteiger partial charge in [-0.05, 0) is 49.1 Å². The molecule has 33 heavy (non-hydrogen) atoms. The molecule has 1 saturated heterocycles. The summed E-state index contributed by atoms with van der Waals surface area (Å²) in [7, 11) is 0. The Kier molecular flexibility index (Phi) is 6.90. The number of halogens is 4. The third-order valence-electron chi connectivity index (χ3n) is 6.14. The largest absolute Gasteiger partial charge is 0.463 e. The van der Waals surface area contributed by atoms with Crippen molar-refractivity contribution in [2.24, 2.45) is 4.99 Å². The van der Waals surface area contributed by atoms with Gasteiger partial charge in [-0.2, -0.15) is 13.2 Å². The number of nitrogens with zero attached hydrogens (tertiary/aromatic N) is 1. The minimum Gasteiger partial charge on any atom is -0.463 e. The SMILES string of the molecule is CC(OCC1(c2ccccc2)CCC(NC2=NCCO2)CN1)c1cc(F)cc(C(F)(F)F)c1. The molecule has 5 nitrogen and oxygen atoms in total. The summed E-state index contributed by atoms with van der Waals surface area (Å²) in [6, 6.07) is 13.0. The van der Waals surface area contributed by atoms with E-state index in [1.807, 2.05) is 30.3 Å². The van der Waals surface area contributed by atoms with Crippen molar-refractivity contribution in [1.82, 2.24) is 10.6 Å². The molecule has 0 aliphatic carbocycles. The van der Waals surface area contributed by atoms with Gasteiger partial charge in [0.25, 0.3) is 6.02 Å². The minimum atomic E-state index is -4.62. The summed E-state index contributed by atoms with van der Waals surface area (Å²) in [6.45, 7) is 3.72. The van der Waals surface area contributed by atoms with E-state index >= 15 is 0 Å². The van der Waals surface area contributed by atoms with Crippen LogP contribution in [0.1, 0.15) is 42.6 Å². The number of aliphatic imine (C=N–C) groups is 1. The van der Waals surface area contributed by atoms with Gasteiger partial charge in [0.15, 0.2) is 0 Å². The molecule has 3 unspecified atom stereocenters. The number of hydrogen-bond acceptors (Lipinski definition) is 5. The van der Waals surface area contributed by atoms with Gasteiger partial charge in [0, 0.05) is 12.6 Å². The van der Waals surface area contributed by atoms with Gasteiger partial charge in [0.2, 0.25) is 0 Å². The molecule has 3 atom stereocenters. The highest BCUT2D eigenvalue weighted by Gasteiger charge is 2.38. The molecule has 0 amide bonds. The topological polar surface area (TPSA) is 54.9 Å². The maximum Gasteiger partial charge on any atom is 0.416 e. The second kappa shape index (κ2) is 9.69. The Balaban J connectivity index is 1.47. The maximum absolute atomic E-state index is 13.9. The summed E-state index contributed by atoms with van der Waals surface area (Å²) in [6.07, 6.45) is -3.80. The average Bonchev–Trinajstić information content (AvgIpc) is 3.31. The normalized spacial score (nSPS) is 24.2.